The topological polar surface area (TPSA) is 134 Å². The lowest BCUT2D eigenvalue weighted by molar-refractivity contribution is -0.153. The van der Waals surface area contributed by atoms with Crippen LogP contribution >= 0.6 is 0 Å². The molecule has 0 unspecified atom stereocenters. The van der Waals surface area contributed by atoms with Gasteiger partial charge in [0.25, 0.3) is 0 Å². The summed E-state index contributed by atoms with van der Waals surface area (Å²) in [6, 6.07) is 33.0. The fraction of sp³-hybridized carbons (Fsp3) is 0.459. The number of carbonyl (C=O) groups is 1. The zero-order valence-electron chi connectivity index (χ0n) is 26.4. The Hall–Kier alpha value is -3.58. The fourth-order valence-electron chi connectivity index (χ4n) is 5.69. The summed E-state index contributed by atoms with van der Waals surface area (Å²) in [4.78, 5) is 15.8. The van der Waals surface area contributed by atoms with Gasteiger partial charge in [-0.3, -0.25) is 4.79 Å². The van der Waals surface area contributed by atoms with Crippen molar-refractivity contribution in [3.05, 3.63) is 108 Å². The SMILES string of the molecule is CCCCOC(=O)C1(c2ccccc2)CCN(CCC(C#N)(c2ccccc2)c2ccccc2)CC1.OCC(CO)(CO)CO. The van der Waals surface area contributed by atoms with Crippen molar-refractivity contribution < 1.29 is 30.0 Å². The van der Waals surface area contributed by atoms with Crippen LogP contribution in [0.15, 0.2) is 91.0 Å². The van der Waals surface area contributed by atoms with Crippen molar-refractivity contribution in [2.45, 2.75) is 49.9 Å². The summed E-state index contributed by atoms with van der Waals surface area (Å²) in [7, 11) is 0. The number of likely N-dealkylation sites (tertiary alicyclic amines) is 1. The smallest absolute Gasteiger partial charge is 0.316 e. The quantitative estimate of drug-likeness (QED) is 0.156. The number of benzene rings is 3. The van der Waals surface area contributed by atoms with E-state index in [4.69, 9.17) is 25.2 Å². The van der Waals surface area contributed by atoms with Crippen LogP contribution < -0.4 is 0 Å². The molecule has 0 amide bonds. The number of aliphatic hydroxyl groups excluding tert-OH is 4. The molecule has 0 aromatic heterocycles. The molecule has 45 heavy (non-hydrogen) atoms. The molecule has 8 heteroatoms. The van der Waals surface area contributed by atoms with Crippen LogP contribution in [0.5, 0.6) is 0 Å². The Morgan fingerprint density at radius 3 is 1.69 bits per heavy atom. The van der Waals surface area contributed by atoms with E-state index in [1.54, 1.807) is 0 Å². The Bertz CT molecular complexity index is 1240. The van der Waals surface area contributed by atoms with E-state index in [9.17, 15) is 10.1 Å². The molecule has 242 valence electrons. The van der Waals surface area contributed by atoms with Gasteiger partial charge in [0.15, 0.2) is 0 Å². The Morgan fingerprint density at radius 2 is 1.29 bits per heavy atom. The van der Waals surface area contributed by atoms with Crippen LogP contribution in [0.25, 0.3) is 0 Å². The second-order valence-electron chi connectivity index (χ2n) is 11.9. The number of rotatable bonds is 14. The predicted molar refractivity (Wildman–Crippen MR) is 174 cm³/mol. The predicted octanol–water partition coefficient (Wildman–Crippen LogP) is 4.21. The van der Waals surface area contributed by atoms with Crippen LogP contribution in [0.3, 0.4) is 0 Å². The number of aliphatic hydroxyl groups is 4. The van der Waals surface area contributed by atoms with E-state index in [2.05, 4.69) is 54.3 Å². The minimum atomic E-state index is -1.11. The highest BCUT2D eigenvalue weighted by molar-refractivity contribution is 5.83. The van der Waals surface area contributed by atoms with E-state index in [0.717, 1.165) is 62.0 Å². The number of esters is 1. The summed E-state index contributed by atoms with van der Waals surface area (Å²) in [5.74, 6) is -0.0956. The lowest BCUT2D eigenvalue weighted by Gasteiger charge is -2.41. The zero-order valence-corrected chi connectivity index (χ0v) is 26.4. The van der Waals surface area contributed by atoms with Gasteiger partial charge in [-0.15, -0.1) is 0 Å². The highest BCUT2D eigenvalue weighted by Gasteiger charge is 2.45. The number of hydrogen-bond donors (Lipinski definition) is 4. The first-order valence-corrected chi connectivity index (χ1v) is 15.8. The van der Waals surface area contributed by atoms with Crippen molar-refractivity contribution in [1.29, 1.82) is 5.26 Å². The van der Waals surface area contributed by atoms with Gasteiger partial charge in [0.05, 0.1) is 49.9 Å². The van der Waals surface area contributed by atoms with Crippen LogP contribution in [-0.4, -0.2) is 84.0 Å². The molecule has 0 radical (unpaired) electrons. The minimum Gasteiger partial charge on any atom is -0.465 e. The molecule has 0 aliphatic carbocycles. The second-order valence-corrected chi connectivity index (χ2v) is 11.9. The third kappa shape index (κ3) is 8.78. The van der Waals surface area contributed by atoms with Crippen LogP contribution in [0.1, 0.15) is 55.7 Å². The molecule has 4 rings (SSSR count). The normalized spacial score (nSPS) is 14.9. The summed E-state index contributed by atoms with van der Waals surface area (Å²) in [6.07, 6.45) is 4.02. The molecule has 0 spiro atoms. The van der Waals surface area contributed by atoms with Crippen LogP contribution in [0.4, 0.5) is 0 Å². The molecule has 0 atom stereocenters. The van der Waals surface area contributed by atoms with Crippen molar-refractivity contribution in [1.82, 2.24) is 4.90 Å². The largest absolute Gasteiger partial charge is 0.465 e. The molecule has 1 aliphatic rings. The summed E-state index contributed by atoms with van der Waals surface area (Å²) >= 11 is 0. The van der Waals surface area contributed by atoms with Gasteiger partial charge in [-0.2, -0.15) is 5.26 Å². The highest BCUT2D eigenvalue weighted by Crippen LogP contribution is 2.39. The van der Waals surface area contributed by atoms with Crippen molar-refractivity contribution >= 4 is 5.97 Å². The average molecular weight is 617 g/mol. The van der Waals surface area contributed by atoms with Gasteiger partial charge in [0.1, 0.15) is 5.41 Å². The van der Waals surface area contributed by atoms with E-state index in [-0.39, 0.29) is 5.97 Å². The Morgan fingerprint density at radius 1 is 0.822 bits per heavy atom. The Balaban J connectivity index is 0.000000535. The summed E-state index contributed by atoms with van der Waals surface area (Å²) in [6.45, 7) is 3.33. The molecule has 1 saturated heterocycles. The lowest BCUT2D eigenvalue weighted by atomic mass is 9.71. The van der Waals surface area contributed by atoms with Gasteiger partial charge >= 0.3 is 5.97 Å². The van der Waals surface area contributed by atoms with E-state index in [1.807, 2.05) is 54.6 Å². The number of nitrogens with zero attached hydrogens (tertiary/aromatic N) is 2. The van der Waals surface area contributed by atoms with Gasteiger partial charge in [-0.25, -0.2) is 0 Å². The Labute approximate surface area is 267 Å². The second kappa shape index (κ2) is 17.8. The highest BCUT2D eigenvalue weighted by atomic mass is 16.5. The molecule has 1 heterocycles. The number of ether oxygens (including phenoxy) is 1. The lowest BCUT2D eigenvalue weighted by Crippen LogP contribution is -2.49. The van der Waals surface area contributed by atoms with Crippen molar-refractivity contribution in [2.75, 3.05) is 52.7 Å². The number of hydrogen-bond acceptors (Lipinski definition) is 8. The fourth-order valence-corrected chi connectivity index (χ4v) is 5.69. The van der Waals surface area contributed by atoms with Gasteiger partial charge in [-0.1, -0.05) is 104 Å². The number of piperidine rings is 1. The van der Waals surface area contributed by atoms with Crippen molar-refractivity contribution in [3.8, 4) is 6.07 Å². The molecule has 4 N–H and O–H groups in total. The molecule has 0 saturated carbocycles. The summed E-state index contributed by atoms with van der Waals surface area (Å²) in [5, 5.41) is 44.5. The molecule has 1 fully saturated rings. The van der Waals surface area contributed by atoms with Crippen molar-refractivity contribution in [2.24, 2.45) is 5.41 Å². The molecule has 8 nitrogen and oxygen atoms in total. The van der Waals surface area contributed by atoms with Gasteiger partial charge in [0.2, 0.25) is 0 Å². The van der Waals surface area contributed by atoms with E-state index < -0.39 is 42.7 Å². The van der Waals surface area contributed by atoms with Crippen LogP contribution in [-0.2, 0) is 20.4 Å². The maximum atomic E-state index is 13.4. The van der Waals surface area contributed by atoms with E-state index in [1.165, 1.54) is 0 Å². The molecular weight excluding hydrogens is 568 g/mol. The molecule has 1 aliphatic heterocycles. The number of carbonyl (C=O) groups excluding carboxylic acids is 1. The molecule has 3 aromatic carbocycles. The van der Waals surface area contributed by atoms with Gasteiger partial charge in [-0.05, 0) is 55.5 Å². The maximum Gasteiger partial charge on any atom is 0.316 e. The number of nitriles is 1. The van der Waals surface area contributed by atoms with Gasteiger partial charge < -0.3 is 30.1 Å². The monoisotopic (exact) mass is 616 g/mol. The van der Waals surface area contributed by atoms with Crippen LogP contribution in [0, 0.1) is 16.7 Å². The van der Waals surface area contributed by atoms with E-state index in [0.29, 0.717) is 13.0 Å². The minimum absolute atomic E-state index is 0.0956. The van der Waals surface area contributed by atoms with Crippen LogP contribution in [0.2, 0.25) is 0 Å². The van der Waals surface area contributed by atoms with E-state index >= 15 is 0 Å². The summed E-state index contributed by atoms with van der Waals surface area (Å²) < 4.78 is 5.76. The van der Waals surface area contributed by atoms with Gasteiger partial charge in [0, 0.05) is 6.54 Å². The zero-order chi connectivity index (χ0) is 32.6. The molecular formula is C37H48N2O6. The maximum absolute atomic E-state index is 13.4. The first-order valence-electron chi connectivity index (χ1n) is 15.8. The third-order valence-electron chi connectivity index (χ3n) is 9.03. The standard InChI is InChI=1S/C32H36N2O2.C5H12O4/c1-2-3-25-36-30(35)31(27-13-7-4-8-14-27)19-22-34(23-20-31)24-21-32(26-33,28-15-9-5-10-16-28)29-17-11-6-12-18-29;6-1-5(2-7,3-8)4-9/h4-18H,2-3,19-25H2,1H3;6-9H,1-4H2. The number of unbranched alkanes of at least 4 members (excludes halogenated alkanes) is 1. The average Bonchev–Trinajstić information content (AvgIpc) is 3.12. The molecule has 3 aromatic rings. The molecule has 0 bridgehead atoms. The third-order valence-corrected chi connectivity index (χ3v) is 9.03. The summed E-state index contributed by atoms with van der Waals surface area (Å²) in [5.41, 5.74) is 0.667. The first kappa shape index (κ1) is 35.9. The Kier molecular flexibility index (Phi) is 14.2. The first-order chi connectivity index (χ1) is 21.9. The van der Waals surface area contributed by atoms with Crippen molar-refractivity contribution in [3.63, 3.8) is 0 Å².